The minimum atomic E-state index is -2.84. The van der Waals surface area contributed by atoms with Gasteiger partial charge in [0.15, 0.2) is 0 Å². The highest BCUT2D eigenvalue weighted by atomic mass is 19.3. The lowest BCUT2D eigenvalue weighted by molar-refractivity contribution is -0.0498. The number of hydrogen-bond donors (Lipinski definition) is 2. The Hall–Kier alpha value is -2.05. The molecule has 0 aliphatic carbocycles. The van der Waals surface area contributed by atoms with Crippen molar-refractivity contribution in [3.05, 3.63) is 24.3 Å². The third kappa shape index (κ3) is 8.28. The van der Waals surface area contributed by atoms with Gasteiger partial charge in [-0.2, -0.15) is 8.78 Å². The molecule has 1 aromatic carbocycles. The number of nitrogens with one attached hydrogen (secondary N) is 2. The van der Waals surface area contributed by atoms with Crippen molar-refractivity contribution in [2.75, 3.05) is 18.4 Å². The van der Waals surface area contributed by atoms with Gasteiger partial charge in [-0.15, -0.1) is 0 Å². The predicted molar refractivity (Wildman–Crippen MR) is 80.4 cm³/mol. The number of carbonyl (C=O) groups excluding carboxylic acids is 1. The number of anilines is 1. The number of benzene rings is 1. The minimum Gasteiger partial charge on any atom is -0.444 e. The standard InChI is InChI=1S/C15H22F2N2O3/c1-15(2,3)22-14(20)19-9-5-8-18-11-6-4-7-12(10-11)21-13(16)17/h4,6-7,10,13,18H,5,8-9H2,1-3H3,(H,19,20). The van der Waals surface area contributed by atoms with Gasteiger partial charge < -0.3 is 20.1 Å². The van der Waals surface area contributed by atoms with Crippen LogP contribution in [0.1, 0.15) is 27.2 Å². The minimum absolute atomic E-state index is 0.104. The average molecular weight is 316 g/mol. The largest absolute Gasteiger partial charge is 0.444 e. The molecule has 0 heterocycles. The molecule has 0 saturated carbocycles. The number of ether oxygens (including phenoxy) is 2. The summed E-state index contributed by atoms with van der Waals surface area (Å²) in [6, 6.07) is 6.33. The number of rotatable bonds is 7. The zero-order chi connectivity index (χ0) is 16.6. The second-order valence-electron chi connectivity index (χ2n) is 5.62. The van der Waals surface area contributed by atoms with Gasteiger partial charge in [0.2, 0.25) is 0 Å². The molecular formula is C15H22F2N2O3. The molecule has 0 aliphatic heterocycles. The summed E-state index contributed by atoms with van der Waals surface area (Å²) in [5.74, 6) is 0.104. The Kier molecular flexibility index (Phi) is 6.88. The Bertz CT molecular complexity index is 476. The number of halogens is 2. The first-order chi connectivity index (χ1) is 10.3. The molecule has 0 aliphatic rings. The summed E-state index contributed by atoms with van der Waals surface area (Å²) in [5, 5.41) is 5.70. The van der Waals surface area contributed by atoms with E-state index in [9.17, 15) is 13.6 Å². The van der Waals surface area contributed by atoms with Crippen molar-refractivity contribution < 1.29 is 23.0 Å². The van der Waals surface area contributed by atoms with Crippen molar-refractivity contribution in [3.8, 4) is 5.75 Å². The van der Waals surface area contributed by atoms with E-state index in [2.05, 4.69) is 15.4 Å². The summed E-state index contributed by atoms with van der Waals surface area (Å²) < 4.78 is 33.6. The summed E-state index contributed by atoms with van der Waals surface area (Å²) in [4.78, 5) is 11.4. The van der Waals surface area contributed by atoms with Crippen molar-refractivity contribution in [1.82, 2.24) is 5.32 Å². The van der Waals surface area contributed by atoms with E-state index in [1.54, 1.807) is 32.9 Å². The first-order valence-electron chi connectivity index (χ1n) is 7.02. The van der Waals surface area contributed by atoms with Gasteiger partial charge in [-0.25, -0.2) is 4.79 Å². The van der Waals surface area contributed by atoms with E-state index in [1.165, 1.54) is 12.1 Å². The SMILES string of the molecule is CC(C)(C)OC(=O)NCCCNc1cccc(OC(F)F)c1. The highest BCUT2D eigenvalue weighted by molar-refractivity contribution is 5.67. The van der Waals surface area contributed by atoms with E-state index in [0.717, 1.165) is 0 Å². The first-order valence-corrected chi connectivity index (χ1v) is 7.02. The van der Waals surface area contributed by atoms with Gasteiger partial charge in [-0.3, -0.25) is 0 Å². The Morgan fingerprint density at radius 2 is 2.00 bits per heavy atom. The summed E-state index contributed by atoms with van der Waals surface area (Å²) >= 11 is 0. The van der Waals surface area contributed by atoms with Crippen molar-refractivity contribution in [1.29, 1.82) is 0 Å². The zero-order valence-electron chi connectivity index (χ0n) is 13.0. The maximum Gasteiger partial charge on any atom is 0.407 e. The molecule has 0 aromatic heterocycles. The Balaban J connectivity index is 2.23. The number of hydrogen-bond acceptors (Lipinski definition) is 4. The fourth-order valence-corrected chi connectivity index (χ4v) is 1.61. The van der Waals surface area contributed by atoms with Crippen LogP contribution in [0.2, 0.25) is 0 Å². The van der Waals surface area contributed by atoms with E-state index in [1.807, 2.05) is 0 Å². The lowest BCUT2D eigenvalue weighted by Gasteiger charge is -2.19. The van der Waals surface area contributed by atoms with E-state index in [4.69, 9.17) is 4.74 Å². The van der Waals surface area contributed by atoms with E-state index >= 15 is 0 Å². The van der Waals surface area contributed by atoms with E-state index in [-0.39, 0.29) is 5.75 Å². The predicted octanol–water partition coefficient (Wildman–Crippen LogP) is 3.61. The van der Waals surface area contributed by atoms with Crippen LogP contribution in [0.5, 0.6) is 5.75 Å². The third-order valence-electron chi connectivity index (χ3n) is 2.41. The molecule has 1 amide bonds. The molecule has 2 N–H and O–H groups in total. The van der Waals surface area contributed by atoms with Crippen LogP contribution in [0.25, 0.3) is 0 Å². The van der Waals surface area contributed by atoms with Gasteiger partial charge in [0, 0.05) is 24.8 Å². The second kappa shape index (κ2) is 8.41. The third-order valence-corrected chi connectivity index (χ3v) is 2.41. The molecule has 1 rings (SSSR count). The molecule has 0 atom stereocenters. The topological polar surface area (TPSA) is 59.6 Å². The summed E-state index contributed by atoms with van der Waals surface area (Å²) in [5.41, 5.74) is 0.156. The lowest BCUT2D eigenvalue weighted by Crippen LogP contribution is -2.33. The van der Waals surface area contributed by atoms with E-state index in [0.29, 0.717) is 25.2 Å². The maximum atomic E-state index is 12.1. The molecule has 22 heavy (non-hydrogen) atoms. The van der Waals surface area contributed by atoms with Gasteiger partial charge >= 0.3 is 12.7 Å². The molecule has 0 saturated heterocycles. The number of carbonyl (C=O) groups is 1. The monoisotopic (exact) mass is 316 g/mol. The fraction of sp³-hybridized carbons (Fsp3) is 0.533. The van der Waals surface area contributed by atoms with Gasteiger partial charge in [0.25, 0.3) is 0 Å². The molecule has 0 spiro atoms. The molecule has 0 fully saturated rings. The second-order valence-corrected chi connectivity index (χ2v) is 5.62. The summed E-state index contributed by atoms with van der Waals surface area (Å²) in [7, 11) is 0. The summed E-state index contributed by atoms with van der Waals surface area (Å²) in [6.07, 6.45) is 0.207. The summed E-state index contributed by atoms with van der Waals surface area (Å²) in [6.45, 7) is 3.57. The number of alkyl halides is 2. The van der Waals surface area contributed by atoms with Crippen LogP contribution in [-0.2, 0) is 4.74 Å². The average Bonchev–Trinajstić information content (AvgIpc) is 2.35. The highest BCUT2D eigenvalue weighted by Crippen LogP contribution is 2.19. The van der Waals surface area contributed by atoms with Gasteiger partial charge in [0.1, 0.15) is 11.4 Å². The van der Waals surface area contributed by atoms with Gasteiger partial charge in [-0.1, -0.05) is 6.07 Å². The van der Waals surface area contributed by atoms with Gasteiger partial charge in [0.05, 0.1) is 0 Å². The Morgan fingerprint density at radius 3 is 2.64 bits per heavy atom. The van der Waals surface area contributed by atoms with Crippen LogP contribution < -0.4 is 15.4 Å². The molecule has 1 aromatic rings. The molecule has 0 unspecified atom stereocenters. The molecule has 0 bridgehead atoms. The van der Waals surface area contributed by atoms with Crippen molar-refractivity contribution in [3.63, 3.8) is 0 Å². The van der Waals surface area contributed by atoms with Crippen molar-refractivity contribution in [2.24, 2.45) is 0 Å². The van der Waals surface area contributed by atoms with E-state index < -0.39 is 18.3 Å². The lowest BCUT2D eigenvalue weighted by atomic mass is 10.2. The maximum absolute atomic E-state index is 12.1. The van der Waals surface area contributed by atoms with Crippen LogP contribution in [-0.4, -0.2) is 31.4 Å². The fourth-order valence-electron chi connectivity index (χ4n) is 1.61. The molecule has 7 heteroatoms. The molecule has 0 radical (unpaired) electrons. The molecular weight excluding hydrogens is 294 g/mol. The zero-order valence-corrected chi connectivity index (χ0v) is 13.0. The molecule has 124 valence electrons. The van der Waals surface area contributed by atoms with Crippen LogP contribution in [0, 0.1) is 0 Å². The Morgan fingerprint density at radius 1 is 1.27 bits per heavy atom. The van der Waals surface area contributed by atoms with Gasteiger partial charge in [-0.05, 0) is 39.3 Å². The molecule has 5 nitrogen and oxygen atoms in total. The smallest absolute Gasteiger partial charge is 0.407 e. The first kappa shape index (κ1) is 18.0. The van der Waals surface area contributed by atoms with Crippen molar-refractivity contribution in [2.45, 2.75) is 39.4 Å². The normalized spacial score (nSPS) is 11.2. The Labute approximate surface area is 129 Å². The number of alkyl carbamates (subject to hydrolysis) is 1. The van der Waals surface area contributed by atoms with Crippen LogP contribution >= 0.6 is 0 Å². The van der Waals surface area contributed by atoms with Crippen LogP contribution in [0.15, 0.2) is 24.3 Å². The number of amides is 1. The van der Waals surface area contributed by atoms with Crippen LogP contribution in [0.3, 0.4) is 0 Å². The quantitative estimate of drug-likeness (QED) is 0.754. The van der Waals surface area contributed by atoms with Crippen molar-refractivity contribution >= 4 is 11.8 Å². The highest BCUT2D eigenvalue weighted by Gasteiger charge is 2.15. The van der Waals surface area contributed by atoms with Crippen LogP contribution in [0.4, 0.5) is 19.3 Å².